The van der Waals surface area contributed by atoms with Gasteiger partial charge in [0.2, 0.25) is 0 Å². The Bertz CT molecular complexity index is 1180. The van der Waals surface area contributed by atoms with Crippen LogP contribution in [-0.2, 0) is 18.5 Å². The van der Waals surface area contributed by atoms with Crippen molar-refractivity contribution in [3.8, 4) is 23.0 Å². The predicted molar refractivity (Wildman–Crippen MR) is 146 cm³/mol. The van der Waals surface area contributed by atoms with Gasteiger partial charge in [0.25, 0.3) is 0 Å². The van der Waals surface area contributed by atoms with Crippen molar-refractivity contribution in [2.24, 2.45) is 11.5 Å². The van der Waals surface area contributed by atoms with Crippen LogP contribution in [0.3, 0.4) is 0 Å². The van der Waals surface area contributed by atoms with E-state index >= 15 is 0 Å². The van der Waals surface area contributed by atoms with Crippen LogP contribution in [-0.4, -0.2) is 0 Å². The summed E-state index contributed by atoms with van der Waals surface area (Å²) in [6.07, 6.45) is 6.02. The van der Waals surface area contributed by atoms with E-state index in [2.05, 4.69) is 48.5 Å². The maximum atomic E-state index is 6.17. The molecular formula is C32H34N2O2. The molecule has 0 amide bonds. The van der Waals surface area contributed by atoms with Gasteiger partial charge in [-0.3, -0.25) is 0 Å². The Morgan fingerprint density at radius 2 is 0.944 bits per heavy atom. The summed E-state index contributed by atoms with van der Waals surface area (Å²) in [6, 6.07) is 33.1. The standard InChI is InChI=1S/C32H34N2O2/c33-22-24-8-2-4-10-30(24)35-28-16-12-26(13-17-28)32(20-6-1-7-21-32)27-14-18-29(19-15-27)36-31-11-5-3-9-25(31)23-34/h2-5,8-19H,1,6-7,20-23,33-34H2. The zero-order valence-electron chi connectivity index (χ0n) is 20.7. The summed E-state index contributed by atoms with van der Waals surface area (Å²) >= 11 is 0. The van der Waals surface area contributed by atoms with E-state index in [4.69, 9.17) is 20.9 Å². The third kappa shape index (κ3) is 5.01. The number of para-hydroxylation sites is 2. The van der Waals surface area contributed by atoms with Gasteiger partial charge in [0.05, 0.1) is 0 Å². The average Bonchev–Trinajstić information content (AvgIpc) is 2.95. The van der Waals surface area contributed by atoms with Gasteiger partial charge in [0.1, 0.15) is 23.0 Å². The second-order valence-corrected chi connectivity index (χ2v) is 9.52. The molecule has 5 rings (SSSR count). The molecule has 0 heterocycles. The van der Waals surface area contributed by atoms with Gasteiger partial charge in [-0.15, -0.1) is 0 Å². The molecular weight excluding hydrogens is 444 g/mol. The highest BCUT2D eigenvalue weighted by Crippen LogP contribution is 2.46. The molecule has 184 valence electrons. The van der Waals surface area contributed by atoms with E-state index in [0.29, 0.717) is 13.1 Å². The van der Waals surface area contributed by atoms with E-state index in [1.54, 1.807) is 0 Å². The van der Waals surface area contributed by atoms with E-state index in [1.165, 1.54) is 30.4 Å². The van der Waals surface area contributed by atoms with Crippen LogP contribution in [0.2, 0.25) is 0 Å². The van der Waals surface area contributed by atoms with Crippen LogP contribution < -0.4 is 20.9 Å². The van der Waals surface area contributed by atoms with Crippen molar-refractivity contribution in [3.63, 3.8) is 0 Å². The van der Waals surface area contributed by atoms with E-state index < -0.39 is 0 Å². The predicted octanol–water partition coefficient (Wildman–Crippen LogP) is 7.44. The quantitative estimate of drug-likeness (QED) is 0.276. The first-order chi connectivity index (χ1) is 17.7. The fourth-order valence-corrected chi connectivity index (χ4v) is 5.38. The van der Waals surface area contributed by atoms with Crippen molar-refractivity contribution in [3.05, 3.63) is 119 Å². The molecule has 1 fully saturated rings. The summed E-state index contributed by atoms with van der Waals surface area (Å²) in [4.78, 5) is 0. The molecule has 0 bridgehead atoms. The zero-order valence-corrected chi connectivity index (χ0v) is 20.7. The monoisotopic (exact) mass is 478 g/mol. The molecule has 1 aliphatic carbocycles. The molecule has 4 nitrogen and oxygen atoms in total. The normalized spacial score (nSPS) is 14.8. The summed E-state index contributed by atoms with van der Waals surface area (Å²) in [5.74, 6) is 3.28. The lowest BCUT2D eigenvalue weighted by Crippen LogP contribution is -2.30. The highest BCUT2D eigenvalue weighted by molar-refractivity contribution is 5.46. The van der Waals surface area contributed by atoms with E-state index in [1.807, 2.05) is 48.5 Å². The van der Waals surface area contributed by atoms with E-state index in [9.17, 15) is 0 Å². The highest BCUT2D eigenvalue weighted by Gasteiger charge is 2.35. The van der Waals surface area contributed by atoms with Gasteiger partial charge in [-0.1, -0.05) is 79.9 Å². The van der Waals surface area contributed by atoms with Crippen molar-refractivity contribution >= 4 is 0 Å². The summed E-state index contributed by atoms with van der Waals surface area (Å²) in [5.41, 5.74) is 16.4. The summed E-state index contributed by atoms with van der Waals surface area (Å²) < 4.78 is 12.3. The first kappa shape index (κ1) is 24.1. The maximum Gasteiger partial charge on any atom is 0.131 e. The SMILES string of the molecule is NCc1ccccc1Oc1ccc(C2(c3ccc(Oc4ccccc4CN)cc3)CCCCC2)cc1. The molecule has 1 aliphatic rings. The van der Waals surface area contributed by atoms with Gasteiger partial charge in [-0.05, 0) is 60.4 Å². The Hall–Kier alpha value is -3.60. The van der Waals surface area contributed by atoms with Crippen LogP contribution in [0.1, 0.15) is 54.4 Å². The number of hydrogen-bond donors (Lipinski definition) is 2. The molecule has 4 N–H and O–H groups in total. The summed E-state index contributed by atoms with van der Waals surface area (Å²) in [5, 5.41) is 0. The number of rotatable bonds is 8. The number of hydrogen-bond acceptors (Lipinski definition) is 4. The fraction of sp³-hybridized carbons (Fsp3) is 0.250. The van der Waals surface area contributed by atoms with Crippen molar-refractivity contribution in [1.29, 1.82) is 0 Å². The van der Waals surface area contributed by atoms with Gasteiger partial charge >= 0.3 is 0 Å². The number of benzene rings is 4. The molecule has 0 unspecified atom stereocenters. The molecule has 0 atom stereocenters. The number of nitrogens with two attached hydrogens (primary N) is 2. The Kier molecular flexibility index (Phi) is 7.36. The minimum atomic E-state index is -0.000356. The largest absolute Gasteiger partial charge is 0.457 e. The summed E-state index contributed by atoms with van der Waals surface area (Å²) in [7, 11) is 0. The molecule has 1 saturated carbocycles. The number of ether oxygens (including phenoxy) is 2. The molecule has 0 aromatic heterocycles. The third-order valence-electron chi connectivity index (χ3n) is 7.36. The van der Waals surface area contributed by atoms with Crippen molar-refractivity contribution in [1.82, 2.24) is 0 Å². The second-order valence-electron chi connectivity index (χ2n) is 9.52. The van der Waals surface area contributed by atoms with Crippen LogP contribution in [0.5, 0.6) is 23.0 Å². The van der Waals surface area contributed by atoms with Crippen LogP contribution in [0.4, 0.5) is 0 Å². The lowest BCUT2D eigenvalue weighted by atomic mass is 9.65. The third-order valence-corrected chi connectivity index (χ3v) is 7.36. The lowest BCUT2D eigenvalue weighted by Gasteiger charge is -2.38. The minimum Gasteiger partial charge on any atom is -0.457 e. The van der Waals surface area contributed by atoms with Gasteiger partial charge in [-0.25, -0.2) is 0 Å². The topological polar surface area (TPSA) is 70.5 Å². The molecule has 0 saturated heterocycles. The van der Waals surface area contributed by atoms with Crippen LogP contribution in [0, 0.1) is 0 Å². The Balaban J connectivity index is 1.39. The fourth-order valence-electron chi connectivity index (χ4n) is 5.38. The van der Waals surface area contributed by atoms with Crippen LogP contribution >= 0.6 is 0 Å². The maximum absolute atomic E-state index is 6.17. The van der Waals surface area contributed by atoms with E-state index in [-0.39, 0.29) is 5.41 Å². The molecule has 4 aromatic rings. The van der Waals surface area contributed by atoms with Crippen LogP contribution in [0.15, 0.2) is 97.1 Å². The van der Waals surface area contributed by atoms with Crippen LogP contribution in [0.25, 0.3) is 0 Å². The molecule has 36 heavy (non-hydrogen) atoms. The van der Waals surface area contributed by atoms with Gasteiger partial charge in [0, 0.05) is 29.6 Å². The smallest absolute Gasteiger partial charge is 0.131 e. The van der Waals surface area contributed by atoms with E-state index in [0.717, 1.165) is 47.0 Å². The van der Waals surface area contributed by atoms with Gasteiger partial charge in [-0.2, -0.15) is 0 Å². The highest BCUT2D eigenvalue weighted by atomic mass is 16.5. The van der Waals surface area contributed by atoms with Crippen molar-refractivity contribution in [2.75, 3.05) is 0 Å². The van der Waals surface area contributed by atoms with Gasteiger partial charge in [0.15, 0.2) is 0 Å². The van der Waals surface area contributed by atoms with Crippen molar-refractivity contribution in [2.45, 2.75) is 50.6 Å². The molecule has 4 heteroatoms. The first-order valence-corrected chi connectivity index (χ1v) is 12.8. The summed E-state index contributed by atoms with van der Waals surface area (Å²) in [6.45, 7) is 0.907. The van der Waals surface area contributed by atoms with Gasteiger partial charge < -0.3 is 20.9 Å². The first-order valence-electron chi connectivity index (χ1n) is 12.8. The molecule has 0 radical (unpaired) electrons. The Morgan fingerprint density at radius 1 is 0.528 bits per heavy atom. The second kappa shape index (κ2) is 11.0. The Labute approximate surface area is 213 Å². The molecule has 0 aliphatic heterocycles. The molecule has 4 aromatic carbocycles. The Morgan fingerprint density at radius 3 is 1.36 bits per heavy atom. The molecule has 0 spiro atoms. The lowest BCUT2D eigenvalue weighted by molar-refractivity contribution is 0.345. The minimum absolute atomic E-state index is 0.000356. The zero-order chi connectivity index (χ0) is 24.8. The van der Waals surface area contributed by atoms with Crippen molar-refractivity contribution < 1.29 is 9.47 Å². The average molecular weight is 479 g/mol.